The van der Waals surface area contributed by atoms with Crippen LogP contribution < -0.4 is 10.2 Å². The molecule has 0 spiro atoms. The van der Waals surface area contributed by atoms with Crippen LogP contribution in [0.25, 0.3) is 11.0 Å². The van der Waals surface area contributed by atoms with Gasteiger partial charge >= 0.3 is 12.1 Å². The molecule has 1 saturated heterocycles. The van der Waals surface area contributed by atoms with Gasteiger partial charge in [-0.25, -0.2) is 9.59 Å². The zero-order valence-corrected chi connectivity index (χ0v) is 10.2. The highest BCUT2D eigenvalue weighted by molar-refractivity contribution is 6.06. The lowest BCUT2D eigenvalue weighted by atomic mass is 10.2. The van der Waals surface area contributed by atoms with Crippen LogP contribution in [0.2, 0.25) is 0 Å². The van der Waals surface area contributed by atoms with Gasteiger partial charge in [-0.1, -0.05) is 0 Å². The summed E-state index contributed by atoms with van der Waals surface area (Å²) in [4.78, 5) is 39.4. The normalized spacial score (nSPS) is 15.5. The number of carbonyl (C=O) groups is 3. The first-order valence-electron chi connectivity index (χ1n) is 5.88. The topological polar surface area (TPSA) is 105 Å². The highest BCUT2D eigenvalue weighted by Crippen LogP contribution is 2.22. The van der Waals surface area contributed by atoms with Crippen LogP contribution in [-0.2, 0) is 4.79 Å². The van der Waals surface area contributed by atoms with Crippen molar-refractivity contribution in [3.05, 3.63) is 24.5 Å². The third-order valence-electron chi connectivity index (χ3n) is 3.10. The van der Waals surface area contributed by atoms with Crippen molar-refractivity contribution < 1.29 is 19.5 Å². The highest BCUT2D eigenvalue weighted by Gasteiger charge is 2.25. The number of rotatable bonds is 1. The summed E-state index contributed by atoms with van der Waals surface area (Å²) in [6, 6.07) is 2.61. The van der Waals surface area contributed by atoms with E-state index in [1.807, 2.05) is 0 Å². The fourth-order valence-electron chi connectivity index (χ4n) is 2.12. The lowest BCUT2D eigenvalue weighted by Gasteiger charge is -2.26. The van der Waals surface area contributed by atoms with Gasteiger partial charge in [-0.15, -0.1) is 0 Å². The summed E-state index contributed by atoms with van der Waals surface area (Å²) in [6.45, 7) is 0.242. The Morgan fingerprint density at radius 1 is 1.40 bits per heavy atom. The van der Waals surface area contributed by atoms with Gasteiger partial charge in [0.15, 0.2) is 0 Å². The molecular formula is C12H10N4O4. The van der Waals surface area contributed by atoms with Gasteiger partial charge in [0.05, 0.1) is 22.9 Å². The Bertz CT molecular complexity index is 736. The molecule has 0 unspecified atom stereocenters. The number of nitrogens with one attached hydrogen (secondary N) is 1. The van der Waals surface area contributed by atoms with Crippen molar-refractivity contribution in [2.24, 2.45) is 0 Å². The predicted molar refractivity (Wildman–Crippen MR) is 68.7 cm³/mol. The zero-order valence-electron chi connectivity index (χ0n) is 10.2. The van der Waals surface area contributed by atoms with E-state index in [2.05, 4.69) is 10.3 Å². The number of fused-ring (bicyclic) bond motifs is 1. The Morgan fingerprint density at radius 3 is 2.90 bits per heavy atom. The summed E-state index contributed by atoms with van der Waals surface area (Å²) in [7, 11) is 0. The molecule has 1 aliphatic rings. The van der Waals surface area contributed by atoms with E-state index >= 15 is 0 Å². The SMILES string of the molecule is O=C1CCN(c2cnc3ccn(C(=O)O)c3c2)C(=O)N1. The first kappa shape index (κ1) is 12.2. The van der Waals surface area contributed by atoms with E-state index < -0.39 is 12.1 Å². The summed E-state index contributed by atoms with van der Waals surface area (Å²) < 4.78 is 1.03. The first-order chi connectivity index (χ1) is 9.56. The quantitative estimate of drug-likeness (QED) is 0.807. The molecule has 0 aliphatic carbocycles. The molecular weight excluding hydrogens is 264 g/mol. The molecule has 20 heavy (non-hydrogen) atoms. The molecule has 0 atom stereocenters. The Kier molecular flexibility index (Phi) is 2.63. The number of amides is 3. The Morgan fingerprint density at radius 2 is 2.20 bits per heavy atom. The van der Waals surface area contributed by atoms with Gasteiger partial charge in [-0.2, -0.15) is 0 Å². The summed E-state index contributed by atoms with van der Waals surface area (Å²) in [6.07, 6.45) is 1.94. The zero-order chi connectivity index (χ0) is 14.3. The van der Waals surface area contributed by atoms with E-state index in [1.54, 1.807) is 12.1 Å². The number of hydrogen-bond acceptors (Lipinski definition) is 4. The van der Waals surface area contributed by atoms with Crippen LogP contribution in [0.15, 0.2) is 24.5 Å². The maximum atomic E-state index is 11.7. The van der Waals surface area contributed by atoms with Crippen molar-refractivity contribution in [3.63, 3.8) is 0 Å². The van der Waals surface area contributed by atoms with Crippen LogP contribution in [-0.4, -0.2) is 39.2 Å². The number of imide groups is 1. The summed E-state index contributed by atoms with van der Waals surface area (Å²) >= 11 is 0. The second-order valence-corrected chi connectivity index (χ2v) is 4.32. The molecule has 3 rings (SSSR count). The molecule has 1 fully saturated rings. The molecule has 0 bridgehead atoms. The standard InChI is InChI=1S/C12H10N4O4/c17-10-2-4-15(11(18)14-10)7-5-9-8(13-6-7)1-3-16(9)12(19)20/h1,3,5-6H,2,4H2,(H,19,20)(H,14,17,18). The van der Waals surface area contributed by atoms with Gasteiger partial charge < -0.3 is 5.11 Å². The fourth-order valence-corrected chi connectivity index (χ4v) is 2.12. The van der Waals surface area contributed by atoms with Crippen molar-refractivity contribution in [1.82, 2.24) is 14.9 Å². The second-order valence-electron chi connectivity index (χ2n) is 4.32. The molecule has 2 N–H and O–H groups in total. The number of nitrogens with zero attached hydrogens (tertiary/aromatic N) is 3. The van der Waals surface area contributed by atoms with E-state index in [9.17, 15) is 14.4 Å². The molecule has 0 saturated carbocycles. The molecule has 1 aliphatic heterocycles. The molecule has 2 aromatic heterocycles. The number of pyridine rings is 1. The first-order valence-corrected chi connectivity index (χ1v) is 5.88. The van der Waals surface area contributed by atoms with E-state index in [1.165, 1.54) is 17.3 Å². The van der Waals surface area contributed by atoms with E-state index in [-0.39, 0.29) is 18.9 Å². The maximum Gasteiger partial charge on any atom is 0.416 e. The average molecular weight is 274 g/mol. The number of carbonyl (C=O) groups excluding carboxylic acids is 2. The number of urea groups is 1. The number of hydrogen-bond donors (Lipinski definition) is 2. The Balaban J connectivity index is 2.04. The van der Waals surface area contributed by atoms with E-state index in [0.717, 1.165) is 4.57 Å². The Hall–Kier alpha value is -2.90. The summed E-state index contributed by atoms with van der Waals surface area (Å²) in [5, 5.41) is 11.3. The number of carboxylic acid groups (broad SMARTS) is 1. The predicted octanol–water partition coefficient (Wildman–Crippen LogP) is 1.01. The highest BCUT2D eigenvalue weighted by atomic mass is 16.4. The minimum Gasteiger partial charge on any atom is -0.464 e. The molecule has 0 radical (unpaired) electrons. The number of anilines is 1. The molecule has 102 valence electrons. The van der Waals surface area contributed by atoms with Gasteiger partial charge in [-0.05, 0) is 12.1 Å². The third-order valence-corrected chi connectivity index (χ3v) is 3.10. The van der Waals surface area contributed by atoms with Gasteiger partial charge in [-0.3, -0.25) is 24.6 Å². The van der Waals surface area contributed by atoms with Gasteiger partial charge in [0.25, 0.3) is 0 Å². The monoisotopic (exact) mass is 274 g/mol. The largest absolute Gasteiger partial charge is 0.464 e. The van der Waals surface area contributed by atoms with Gasteiger partial charge in [0.2, 0.25) is 5.91 Å². The minimum atomic E-state index is -1.13. The molecule has 0 aromatic carbocycles. The molecule has 3 amide bonds. The molecule has 8 heteroatoms. The number of aromatic nitrogens is 2. The maximum absolute atomic E-state index is 11.7. The smallest absolute Gasteiger partial charge is 0.416 e. The van der Waals surface area contributed by atoms with Crippen LogP contribution in [0.5, 0.6) is 0 Å². The van der Waals surface area contributed by atoms with Crippen LogP contribution in [0.1, 0.15) is 6.42 Å². The average Bonchev–Trinajstić information content (AvgIpc) is 2.81. The Labute approximate surface area is 112 Å². The van der Waals surface area contributed by atoms with Crippen LogP contribution >= 0.6 is 0 Å². The lowest BCUT2D eigenvalue weighted by Crippen LogP contribution is -2.49. The van der Waals surface area contributed by atoms with Crippen LogP contribution in [0.3, 0.4) is 0 Å². The van der Waals surface area contributed by atoms with Crippen molar-refractivity contribution in [2.75, 3.05) is 11.4 Å². The van der Waals surface area contributed by atoms with E-state index in [4.69, 9.17) is 5.11 Å². The van der Waals surface area contributed by atoms with Crippen molar-refractivity contribution in [1.29, 1.82) is 0 Å². The second kappa shape index (κ2) is 4.34. The third kappa shape index (κ3) is 1.87. The fraction of sp³-hybridized carbons (Fsp3) is 0.167. The van der Waals surface area contributed by atoms with Crippen molar-refractivity contribution in [3.8, 4) is 0 Å². The molecule has 8 nitrogen and oxygen atoms in total. The lowest BCUT2D eigenvalue weighted by molar-refractivity contribution is -0.120. The molecule has 2 aromatic rings. The van der Waals surface area contributed by atoms with E-state index in [0.29, 0.717) is 16.7 Å². The van der Waals surface area contributed by atoms with Crippen LogP contribution in [0.4, 0.5) is 15.3 Å². The summed E-state index contributed by atoms with van der Waals surface area (Å²) in [5.41, 5.74) is 1.35. The molecule has 3 heterocycles. The van der Waals surface area contributed by atoms with Crippen LogP contribution in [0, 0.1) is 0 Å². The van der Waals surface area contributed by atoms with Gasteiger partial charge in [0.1, 0.15) is 0 Å². The van der Waals surface area contributed by atoms with Crippen molar-refractivity contribution >= 4 is 34.8 Å². The minimum absolute atomic E-state index is 0.198. The summed E-state index contributed by atoms with van der Waals surface area (Å²) in [5.74, 6) is -0.325. The van der Waals surface area contributed by atoms with Crippen molar-refractivity contribution in [2.45, 2.75) is 6.42 Å². The van der Waals surface area contributed by atoms with Gasteiger partial charge in [0, 0.05) is 19.2 Å².